The van der Waals surface area contributed by atoms with Crippen LogP contribution in [0.3, 0.4) is 0 Å². The molecule has 92 valence electrons. The predicted octanol–water partition coefficient (Wildman–Crippen LogP) is 3.80. The van der Waals surface area contributed by atoms with Crippen molar-refractivity contribution in [2.45, 2.75) is 33.4 Å². The van der Waals surface area contributed by atoms with Crippen LogP contribution in [0.4, 0.5) is 0 Å². The summed E-state index contributed by atoms with van der Waals surface area (Å²) in [5.41, 5.74) is 8.17. The fraction of sp³-hybridized carbons (Fsp3) is 0.429. The summed E-state index contributed by atoms with van der Waals surface area (Å²) < 4.78 is 2.28. The first-order valence-corrected chi connectivity index (χ1v) is 6.50. The lowest BCUT2D eigenvalue weighted by molar-refractivity contribution is 0.477. The van der Waals surface area contributed by atoms with E-state index in [1.807, 2.05) is 12.1 Å². The normalized spacial score (nSPS) is 13.2. The Hall–Kier alpha value is -0.990. The topological polar surface area (TPSA) is 30.9 Å². The number of hydrogen-bond acceptors (Lipinski definition) is 1. The average molecular weight is 251 g/mol. The van der Waals surface area contributed by atoms with Gasteiger partial charge in [-0.3, -0.25) is 0 Å². The van der Waals surface area contributed by atoms with E-state index < -0.39 is 0 Å². The van der Waals surface area contributed by atoms with E-state index in [1.54, 1.807) is 0 Å². The Kier molecular flexibility index (Phi) is 3.75. The number of benzene rings is 1. The Balaban J connectivity index is 2.50. The van der Waals surface area contributed by atoms with Crippen molar-refractivity contribution in [2.75, 3.05) is 0 Å². The third-order valence-electron chi connectivity index (χ3n) is 3.35. The Morgan fingerprint density at radius 3 is 2.82 bits per heavy atom. The maximum Gasteiger partial charge on any atom is 0.0498 e. The Morgan fingerprint density at radius 1 is 1.41 bits per heavy atom. The van der Waals surface area contributed by atoms with E-state index >= 15 is 0 Å². The minimum Gasteiger partial charge on any atom is -0.347 e. The SMILES string of the molecule is CCC(C)Cn1cc(CN)c2ccc(Cl)cc21. The Bertz CT molecular complexity index is 516. The molecule has 0 amide bonds. The minimum absolute atomic E-state index is 0.575. The van der Waals surface area contributed by atoms with Crippen LogP contribution in [0.25, 0.3) is 10.9 Å². The molecule has 0 aliphatic rings. The maximum absolute atomic E-state index is 6.07. The highest BCUT2D eigenvalue weighted by atomic mass is 35.5. The van der Waals surface area contributed by atoms with E-state index in [1.165, 1.54) is 22.9 Å². The summed E-state index contributed by atoms with van der Waals surface area (Å²) in [6, 6.07) is 6.02. The van der Waals surface area contributed by atoms with Crippen LogP contribution in [-0.2, 0) is 13.1 Å². The molecule has 0 saturated carbocycles. The summed E-state index contributed by atoms with van der Waals surface area (Å²) in [5.74, 6) is 0.662. The first-order chi connectivity index (χ1) is 8.15. The van der Waals surface area contributed by atoms with Crippen LogP contribution in [0, 0.1) is 5.92 Å². The zero-order valence-corrected chi connectivity index (χ0v) is 11.2. The van der Waals surface area contributed by atoms with Gasteiger partial charge in [-0.1, -0.05) is 37.9 Å². The monoisotopic (exact) mass is 250 g/mol. The fourth-order valence-corrected chi connectivity index (χ4v) is 2.29. The molecule has 0 radical (unpaired) electrons. The smallest absolute Gasteiger partial charge is 0.0498 e. The van der Waals surface area contributed by atoms with E-state index in [4.69, 9.17) is 17.3 Å². The molecule has 3 heteroatoms. The molecule has 0 saturated heterocycles. The number of nitrogens with two attached hydrogens (primary N) is 1. The molecular weight excluding hydrogens is 232 g/mol. The molecule has 2 nitrogen and oxygen atoms in total. The van der Waals surface area contributed by atoms with Crippen molar-refractivity contribution in [3.8, 4) is 0 Å². The molecule has 2 aromatic rings. The zero-order valence-electron chi connectivity index (χ0n) is 10.4. The lowest BCUT2D eigenvalue weighted by Gasteiger charge is -2.11. The molecule has 0 spiro atoms. The second-order valence-electron chi connectivity index (χ2n) is 4.69. The standard InChI is InChI=1S/C14H19ClN2/c1-3-10(2)8-17-9-11(7-16)13-5-4-12(15)6-14(13)17/h4-6,9-10H,3,7-8,16H2,1-2H3. The molecule has 0 bridgehead atoms. The number of fused-ring (bicyclic) bond motifs is 1. The van der Waals surface area contributed by atoms with Crippen LogP contribution in [0.15, 0.2) is 24.4 Å². The van der Waals surface area contributed by atoms with Crippen LogP contribution in [0.1, 0.15) is 25.8 Å². The summed E-state index contributed by atoms with van der Waals surface area (Å²) >= 11 is 6.07. The molecule has 0 aliphatic heterocycles. The fourth-order valence-electron chi connectivity index (χ4n) is 2.12. The molecule has 2 rings (SSSR count). The van der Waals surface area contributed by atoms with E-state index in [-0.39, 0.29) is 0 Å². The Morgan fingerprint density at radius 2 is 2.18 bits per heavy atom. The minimum atomic E-state index is 0.575. The number of aromatic nitrogens is 1. The van der Waals surface area contributed by atoms with Gasteiger partial charge in [0.25, 0.3) is 0 Å². The van der Waals surface area contributed by atoms with Crippen LogP contribution < -0.4 is 5.73 Å². The van der Waals surface area contributed by atoms with Gasteiger partial charge in [-0.05, 0) is 23.6 Å². The summed E-state index contributed by atoms with van der Waals surface area (Å²) in [7, 11) is 0. The Labute approximate surface area is 107 Å². The average Bonchev–Trinajstić information content (AvgIpc) is 2.66. The van der Waals surface area contributed by atoms with Gasteiger partial charge in [0.15, 0.2) is 0 Å². The molecule has 2 N–H and O–H groups in total. The van der Waals surface area contributed by atoms with Crippen LogP contribution in [-0.4, -0.2) is 4.57 Å². The molecule has 0 aliphatic carbocycles. The molecule has 1 unspecified atom stereocenters. The highest BCUT2D eigenvalue weighted by Crippen LogP contribution is 2.25. The quantitative estimate of drug-likeness (QED) is 0.879. The van der Waals surface area contributed by atoms with Crippen molar-refractivity contribution in [3.05, 3.63) is 35.0 Å². The van der Waals surface area contributed by atoms with Gasteiger partial charge < -0.3 is 10.3 Å². The van der Waals surface area contributed by atoms with Crippen molar-refractivity contribution < 1.29 is 0 Å². The summed E-state index contributed by atoms with van der Waals surface area (Å²) in [6.07, 6.45) is 3.34. The van der Waals surface area contributed by atoms with E-state index in [0.717, 1.165) is 11.6 Å². The summed E-state index contributed by atoms with van der Waals surface area (Å²) in [4.78, 5) is 0. The number of hydrogen-bond donors (Lipinski definition) is 1. The molecule has 17 heavy (non-hydrogen) atoms. The van der Waals surface area contributed by atoms with Crippen LogP contribution in [0.5, 0.6) is 0 Å². The highest BCUT2D eigenvalue weighted by molar-refractivity contribution is 6.31. The van der Waals surface area contributed by atoms with Gasteiger partial charge in [0, 0.05) is 35.2 Å². The van der Waals surface area contributed by atoms with Crippen molar-refractivity contribution in [2.24, 2.45) is 11.7 Å². The molecule has 1 aromatic heterocycles. The van der Waals surface area contributed by atoms with Gasteiger partial charge in [-0.25, -0.2) is 0 Å². The first kappa shape index (κ1) is 12.5. The third kappa shape index (κ3) is 2.48. The van der Waals surface area contributed by atoms with Gasteiger partial charge in [-0.2, -0.15) is 0 Å². The summed E-state index contributed by atoms with van der Waals surface area (Å²) in [6.45, 7) is 6.07. The molecule has 0 fully saturated rings. The second kappa shape index (κ2) is 5.11. The van der Waals surface area contributed by atoms with Gasteiger partial charge in [-0.15, -0.1) is 0 Å². The van der Waals surface area contributed by atoms with Gasteiger partial charge in [0.05, 0.1) is 0 Å². The lowest BCUT2D eigenvalue weighted by atomic mass is 10.1. The molecular formula is C14H19ClN2. The van der Waals surface area contributed by atoms with E-state index in [2.05, 4.69) is 30.7 Å². The predicted molar refractivity (Wildman–Crippen MR) is 74.3 cm³/mol. The molecule has 1 aromatic carbocycles. The highest BCUT2D eigenvalue weighted by Gasteiger charge is 2.09. The molecule has 1 heterocycles. The molecule has 1 atom stereocenters. The number of nitrogens with zero attached hydrogens (tertiary/aromatic N) is 1. The van der Waals surface area contributed by atoms with Crippen molar-refractivity contribution in [1.82, 2.24) is 4.57 Å². The van der Waals surface area contributed by atoms with E-state index in [0.29, 0.717) is 12.5 Å². The van der Waals surface area contributed by atoms with Gasteiger partial charge >= 0.3 is 0 Å². The van der Waals surface area contributed by atoms with Gasteiger partial charge in [0.2, 0.25) is 0 Å². The zero-order chi connectivity index (χ0) is 12.4. The maximum atomic E-state index is 6.07. The van der Waals surface area contributed by atoms with Gasteiger partial charge in [0.1, 0.15) is 0 Å². The second-order valence-corrected chi connectivity index (χ2v) is 5.12. The number of rotatable bonds is 4. The van der Waals surface area contributed by atoms with E-state index in [9.17, 15) is 0 Å². The lowest BCUT2D eigenvalue weighted by Crippen LogP contribution is -2.05. The van der Waals surface area contributed by atoms with Crippen molar-refractivity contribution >= 4 is 22.5 Å². The number of halogens is 1. The first-order valence-electron chi connectivity index (χ1n) is 6.13. The van der Waals surface area contributed by atoms with Crippen molar-refractivity contribution in [1.29, 1.82) is 0 Å². The van der Waals surface area contributed by atoms with Crippen LogP contribution >= 0.6 is 11.6 Å². The van der Waals surface area contributed by atoms with Crippen LogP contribution in [0.2, 0.25) is 5.02 Å². The van der Waals surface area contributed by atoms with Crippen molar-refractivity contribution in [3.63, 3.8) is 0 Å². The largest absolute Gasteiger partial charge is 0.347 e. The summed E-state index contributed by atoms with van der Waals surface area (Å²) in [5, 5.41) is 2.00. The third-order valence-corrected chi connectivity index (χ3v) is 3.59.